The molecule has 0 fully saturated rings. The van der Waals surface area contributed by atoms with Crippen molar-refractivity contribution in [2.45, 2.75) is 13.0 Å². The lowest BCUT2D eigenvalue weighted by Gasteiger charge is -2.09. The molecule has 2 aromatic rings. The van der Waals surface area contributed by atoms with Crippen molar-refractivity contribution in [3.05, 3.63) is 47.0 Å². The minimum Gasteiger partial charge on any atom is -0.399 e. The fourth-order valence-corrected chi connectivity index (χ4v) is 2.57. The van der Waals surface area contributed by atoms with Gasteiger partial charge in [-0.2, -0.15) is 0 Å². The molecule has 3 rings (SSSR count). The van der Waals surface area contributed by atoms with Gasteiger partial charge in [0, 0.05) is 16.9 Å². The standard InChI is InChI=1S/C14H14N2O/c15-9-1-2-10-8(5-9)6-12-11(10)3-4-14(16)13(12)7-17/h1-5,17H,6-7,15-16H2. The number of anilines is 2. The van der Waals surface area contributed by atoms with Crippen molar-refractivity contribution in [1.29, 1.82) is 0 Å². The normalized spacial score (nSPS) is 12.3. The van der Waals surface area contributed by atoms with Gasteiger partial charge in [-0.15, -0.1) is 0 Å². The van der Waals surface area contributed by atoms with E-state index in [1.165, 1.54) is 16.7 Å². The molecule has 5 N–H and O–H groups in total. The first-order valence-electron chi connectivity index (χ1n) is 5.60. The van der Waals surface area contributed by atoms with Gasteiger partial charge in [0.2, 0.25) is 0 Å². The van der Waals surface area contributed by atoms with E-state index in [9.17, 15) is 5.11 Å². The third-order valence-electron chi connectivity index (χ3n) is 3.41. The van der Waals surface area contributed by atoms with E-state index in [4.69, 9.17) is 11.5 Å². The molecular formula is C14H14N2O. The fraction of sp³-hybridized carbons (Fsp3) is 0.143. The maximum atomic E-state index is 9.41. The minimum atomic E-state index is -0.0154. The summed E-state index contributed by atoms with van der Waals surface area (Å²) < 4.78 is 0. The van der Waals surface area contributed by atoms with Crippen molar-refractivity contribution in [3.63, 3.8) is 0 Å². The Balaban J connectivity index is 2.25. The fourth-order valence-electron chi connectivity index (χ4n) is 2.57. The molecule has 0 saturated carbocycles. The van der Waals surface area contributed by atoms with Gasteiger partial charge in [0.25, 0.3) is 0 Å². The Kier molecular flexibility index (Phi) is 2.09. The zero-order valence-corrected chi connectivity index (χ0v) is 9.40. The second-order valence-corrected chi connectivity index (χ2v) is 4.41. The summed E-state index contributed by atoms with van der Waals surface area (Å²) in [7, 11) is 0. The van der Waals surface area contributed by atoms with Gasteiger partial charge in [0.15, 0.2) is 0 Å². The van der Waals surface area contributed by atoms with Crippen molar-refractivity contribution in [3.8, 4) is 11.1 Å². The quantitative estimate of drug-likeness (QED) is 0.555. The van der Waals surface area contributed by atoms with Crippen LogP contribution in [0.15, 0.2) is 30.3 Å². The average molecular weight is 226 g/mol. The molecule has 0 bridgehead atoms. The van der Waals surface area contributed by atoms with Crippen molar-refractivity contribution in [2.24, 2.45) is 0 Å². The van der Waals surface area contributed by atoms with E-state index >= 15 is 0 Å². The summed E-state index contributed by atoms with van der Waals surface area (Å²) in [6, 6.07) is 9.81. The number of nitrogens with two attached hydrogens (primary N) is 2. The number of aliphatic hydroxyl groups is 1. The predicted molar refractivity (Wildman–Crippen MR) is 69.4 cm³/mol. The topological polar surface area (TPSA) is 72.3 Å². The summed E-state index contributed by atoms with van der Waals surface area (Å²) in [4.78, 5) is 0. The molecule has 3 nitrogen and oxygen atoms in total. The van der Waals surface area contributed by atoms with Gasteiger partial charge in [-0.05, 0) is 46.9 Å². The molecule has 0 atom stereocenters. The molecule has 0 aliphatic heterocycles. The van der Waals surface area contributed by atoms with Crippen LogP contribution in [0.25, 0.3) is 11.1 Å². The zero-order chi connectivity index (χ0) is 12.0. The first-order chi connectivity index (χ1) is 8.20. The van der Waals surface area contributed by atoms with E-state index in [2.05, 4.69) is 0 Å². The molecule has 0 radical (unpaired) electrons. The predicted octanol–water partition coefficient (Wildman–Crippen LogP) is 1.91. The summed E-state index contributed by atoms with van der Waals surface area (Å²) >= 11 is 0. The molecule has 86 valence electrons. The number of rotatable bonds is 1. The zero-order valence-electron chi connectivity index (χ0n) is 9.40. The SMILES string of the molecule is Nc1ccc2c(c1)Cc1c-2ccc(N)c1CO. The summed E-state index contributed by atoms with van der Waals surface area (Å²) in [5.41, 5.74) is 18.7. The first kappa shape index (κ1) is 10.2. The van der Waals surface area contributed by atoms with Crippen LogP contribution in [0.5, 0.6) is 0 Å². The van der Waals surface area contributed by atoms with Crippen LogP contribution in [0, 0.1) is 0 Å². The van der Waals surface area contributed by atoms with E-state index < -0.39 is 0 Å². The highest BCUT2D eigenvalue weighted by molar-refractivity contribution is 5.81. The highest BCUT2D eigenvalue weighted by Gasteiger charge is 2.22. The smallest absolute Gasteiger partial charge is 0.0704 e. The third kappa shape index (κ3) is 1.40. The molecule has 0 heterocycles. The van der Waals surface area contributed by atoms with E-state index in [1.54, 1.807) is 0 Å². The van der Waals surface area contributed by atoms with E-state index in [-0.39, 0.29) is 6.61 Å². The van der Waals surface area contributed by atoms with Crippen molar-refractivity contribution >= 4 is 11.4 Å². The Hall–Kier alpha value is -2.00. The van der Waals surface area contributed by atoms with Crippen LogP contribution in [-0.4, -0.2) is 5.11 Å². The lowest BCUT2D eigenvalue weighted by Crippen LogP contribution is -1.99. The summed E-state index contributed by atoms with van der Waals surface area (Å²) in [5, 5.41) is 9.41. The minimum absolute atomic E-state index is 0.0154. The number of hydrogen-bond donors (Lipinski definition) is 3. The average Bonchev–Trinajstić information content (AvgIpc) is 2.66. The second kappa shape index (κ2) is 3.50. The van der Waals surface area contributed by atoms with Crippen molar-refractivity contribution in [2.75, 3.05) is 11.5 Å². The molecule has 3 heteroatoms. The van der Waals surface area contributed by atoms with E-state index in [0.717, 1.165) is 23.2 Å². The van der Waals surface area contributed by atoms with Gasteiger partial charge >= 0.3 is 0 Å². The molecule has 0 saturated heterocycles. The van der Waals surface area contributed by atoms with Crippen LogP contribution in [0.2, 0.25) is 0 Å². The van der Waals surface area contributed by atoms with Crippen molar-refractivity contribution < 1.29 is 5.11 Å². The molecule has 1 aliphatic carbocycles. The van der Waals surface area contributed by atoms with Crippen LogP contribution in [0.4, 0.5) is 11.4 Å². The molecule has 2 aromatic carbocycles. The lowest BCUT2D eigenvalue weighted by molar-refractivity contribution is 0.281. The van der Waals surface area contributed by atoms with E-state index in [0.29, 0.717) is 5.69 Å². The van der Waals surface area contributed by atoms with Crippen LogP contribution < -0.4 is 11.5 Å². The third-order valence-corrected chi connectivity index (χ3v) is 3.41. The van der Waals surface area contributed by atoms with Gasteiger partial charge in [0.05, 0.1) is 6.61 Å². The van der Waals surface area contributed by atoms with Crippen LogP contribution in [0.1, 0.15) is 16.7 Å². The summed E-state index contributed by atoms with van der Waals surface area (Å²) in [5.74, 6) is 0. The molecule has 0 unspecified atom stereocenters. The molecule has 17 heavy (non-hydrogen) atoms. The number of benzene rings is 2. The van der Waals surface area contributed by atoms with Gasteiger partial charge in [0.1, 0.15) is 0 Å². The molecule has 0 amide bonds. The second-order valence-electron chi connectivity index (χ2n) is 4.41. The molecule has 1 aliphatic rings. The van der Waals surface area contributed by atoms with Crippen molar-refractivity contribution in [1.82, 2.24) is 0 Å². The Labute approximate surface area is 99.7 Å². The summed E-state index contributed by atoms with van der Waals surface area (Å²) in [6.07, 6.45) is 0.802. The maximum absolute atomic E-state index is 9.41. The number of nitrogen functional groups attached to an aromatic ring is 2. The number of fused-ring (bicyclic) bond motifs is 3. The van der Waals surface area contributed by atoms with Crippen LogP contribution >= 0.6 is 0 Å². The van der Waals surface area contributed by atoms with Gasteiger partial charge in [-0.1, -0.05) is 12.1 Å². The summed E-state index contributed by atoms with van der Waals surface area (Å²) in [6.45, 7) is -0.0154. The number of aliphatic hydroxyl groups excluding tert-OH is 1. The monoisotopic (exact) mass is 226 g/mol. The Morgan fingerprint density at radius 3 is 2.59 bits per heavy atom. The number of hydrogen-bond acceptors (Lipinski definition) is 3. The van der Waals surface area contributed by atoms with Gasteiger partial charge in [-0.3, -0.25) is 0 Å². The highest BCUT2D eigenvalue weighted by atomic mass is 16.3. The van der Waals surface area contributed by atoms with E-state index in [1.807, 2.05) is 30.3 Å². The largest absolute Gasteiger partial charge is 0.399 e. The van der Waals surface area contributed by atoms with Crippen LogP contribution in [-0.2, 0) is 13.0 Å². The lowest BCUT2D eigenvalue weighted by atomic mass is 10.00. The Morgan fingerprint density at radius 1 is 1.06 bits per heavy atom. The first-order valence-corrected chi connectivity index (χ1v) is 5.60. The molecule has 0 aromatic heterocycles. The van der Waals surface area contributed by atoms with Crippen LogP contribution in [0.3, 0.4) is 0 Å². The maximum Gasteiger partial charge on any atom is 0.0704 e. The molecular weight excluding hydrogens is 212 g/mol. The van der Waals surface area contributed by atoms with Gasteiger partial charge < -0.3 is 16.6 Å². The van der Waals surface area contributed by atoms with Gasteiger partial charge in [-0.25, -0.2) is 0 Å². The molecule has 0 spiro atoms. The Bertz CT molecular complexity index is 605. The highest BCUT2D eigenvalue weighted by Crippen LogP contribution is 2.40. The Morgan fingerprint density at radius 2 is 1.82 bits per heavy atom.